The van der Waals surface area contributed by atoms with Crippen LogP contribution in [0.3, 0.4) is 0 Å². The quantitative estimate of drug-likeness (QED) is 0.716. The first-order valence-electron chi connectivity index (χ1n) is 7.16. The number of carbonyl (C=O) groups excluding carboxylic acids is 3. The minimum Gasteiger partial charge on any atom is -0.344 e. The van der Waals surface area contributed by atoms with Crippen molar-refractivity contribution in [1.29, 1.82) is 0 Å². The molecule has 2 atom stereocenters. The zero-order valence-corrected chi connectivity index (χ0v) is 13.8. The summed E-state index contributed by atoms with van der Waals surface area (Å²) in [6.07, 6.45) is 0. The summed E-state index contributed by atoms with van der Waals surface area (Å²) in [6.45, 7) is 3.53. The van der Waals surface area contributed by atoms with E-state index in [0.29, 0.717) is 11.3 Å². The Kier molecular flexibility index (Phi) is 6.24. The molecule has 22 heavy (non-hydrogen) atoms. The first kappa shape index (κ1) is 17.8. The largest absolute Gasteiger partial charge is 0.344 e. The van der Waals surface area contributed by atoms with Crippen molar-refractivity contribution in [3.05, 3.63) is 29.8 Å². The Balaban J connectivity index is 2.63. The summed E-state index contributed by atoms with van der Waals surface area (Å²) in [5, 5.41) is 2.80. The van der Waals surface area contributed by atoms with Crippen molar-refractivity contribution >= 4 is 23.3 Å². The van der Waals surface area contributed by atoms with Crippen LogP contribution in [-0.2, 0) is 9.59 Å². The number of nitrogens with zero attached hydrogens (tertiary/aromatic N) is 1. The van der Waals surface area contributed by atoms with Crippen LogP contribution in [0.1, 0.15) is 24.2 Å². The number of likely N-dealkylation sites (N-methyl/N-ethyl adjacent to an activating group) is 2. The molecule has 1 rings (SSSR count). The second-order valence-electron chi connectivity index (χ2n) is 5.66. The average Bonchev–Trinajstić information content (AvgIpc) is 2.46. The second-order valence-corrected chi connectivity index (χ2v) is 5.66. The van der Waals surface area contributed by atoms with E-state index in [4.69, 9.17) is 0 Å². The maximum Gasteiger partial charge on any atom is 0.282 e. The Morgan fingerprint density at radius 3 is 2.18 bits per heavy atom. The van der Waals surface area contributed by atoms with Gasteiger partial charge in [-0.1, -0.05) is 0 Å². The van der Waals surface area contributed by atoms with Crippen LogP contribution in [0.2, 0.25) is 0 Å². The number of nitrogens with one attached hydrogen (secondary N) is 2. The predicted molar refractivity (Wildman–Crippen MR) is 85.0 cm³/mol. The van der Waals surface area contributed by atoms with Crippen LogP contribution in [0.25, 0.3) is 0 Å². The molecule has 2 amide bonds. The van der Waals surface area contributed by atoms with Gasteiger partial charge in [-0.2, -0.15) is 0 Å². The van der Waals surface area contributed by atoms with Gasteiger partial charge in [0.15, 0.2) is 18.4 Å². The van der Waals surface area contributed by atoms with Crippen molar-refractivity contribution in [2.75, 3.05) is 33.0 Å². The summed E-state index contributed by atoms with van der Waals surface area (Å²) in [4.78, 5) is 37.4. The zero-order chi connectivity index (χ0) is 16.9. The Morgan fingerprint density at radius 1 is 1.18 bits per heavy atom. The van der Waals surface area contributed by atoms with Gasteiger partial charge in [0.05, 0.1) is 7.05 Å². The van der Waals surface area contributed by atoms with Gasteiger partial charge in [0.2, 0.25) is 0 Å². The van der Waals surface area contributed by atoms with E-state index < -0.39 is 0 Å². The molecule has 0 aromatic heterocycles. The van der Waals surface area contributed by atoms with Gasteiger partial charge in [0, 0.05) is 25.3 Å². The van der Waals surface area contributed by atoms with Gasteiger partial charge in [-0.25, -0.2) is 0 Å². The topological polar surface area (TPSA) is 70.9 Å². The Hall–Kier alpha value is -2.21. The summed E-state index contributed by atoms with van der Waals surface area (Å²) in [7, 11) is 5.19. The first-order valence-corrected chi connectivity index (χ1v) is 7.16. The molecule has 1 unspecified atom stereocenters. The molecule has 0 aliphatic carbocycles. The number of amides is 2. The lowest BCUT2D eigenvalue weighted by molar-refractivity contribution is -0.886. The highest BCUT2D eigenvalue weighted by atomic mass is 16.2. The number of anilines is 1. The number of Topliss-reactive ketones (excluding diaryl/α,β-unsaturated/α-hetero) is 1. The Labute approximate surface area is 131 Å². The van der Waals surface area contributed by atoms with Crippen LogP contribution in [0.4, 0.5) is 5.69 Å². The minimum atomic E-state index is -0.364. The lowest BCUT2D eigenvalue weighted by atomic mass is 10.1. The number of carbonyl (C=O) groups is 3. The van der Waals surface area contributed by atoms with Crippen molar-refractivity contribution in [2.24, 2.45) is 0 Å². The first-order chi connectivity index (χ1) is 10.2. The average molecular weight is 306 g/mol. The summed E-state index contributed by atoms with van der Waals surface area (Å²) in [5.41, 5.74) is 1.24. The molecule has 0 aliphatic heterocycles. The van der Waals surface area contributed by atoms with Gasteiger partial charge in [-0.05, 0) is 38.1 Å². The third-order valence-corrected chi connectivity index (χ3v) is 3.62. The van der Waals surface area contributed by atoms with E-state index in [1.807, 2.05) is 7.05 Å². The van der Waals surface area contributed by atoms with E-state index >= 15 is 0 Å². The van der Waals surface area contributed by atoms with Crippen LogP contribution >= 0.6 is 0 Å². The van der Waals surface area contributed by atoms with Crippen LogP contribution in [0.15, 0.2) is 24.3 Å². The molecule has 0 bridgehead atoms. The molecule has 0 radical (unpaired) electrons. The molecule has 0 saturated carbocycles. The molecule has 1 aromatic carbocycles. The Morgan fingerprint density at radius 2 is 1.73 bits per heavy atom. The molecule has 0 heterocycles. The molecule has 0 saturated heterocycles. The van der Waals surface area contributed by atoms with Crippen molar-refractivity contribution in [1.82, 2.24) is 4.90 Å². The molecule has 0 spiro atoms. The van der Waals surface area contributed by atoms with Crippen LogP contribution in [0, 0.1) is 0 Å². The fraction of sp³-hybridized carbons (Fsp3) is 0.438. The lowest BCUT2D eigenvalue weighted by Gasteiger charge is -2.22. The van der Waals surface area contributed by atoms with Gasteiger partial charge < -0.3 is 15.1 Å². The van der Waals surface area contributed by atoms with E-state index in [0.717, 1.165) is 4.90 Å². The highest BCUT2D eigenvalue weighted by Gasteiger charge is 2.24. The summed E-state index contributed by atoms with van der Waals surface area (Å²) < 4.78 is 0. The SMILES string of the molecule is CC(=O)c1ccc(NC(=O)[C@H](C)[NH+](C)CC(=O)N(C)C)cc1. The van der Waals surface area contributed by atoms with Gasteiger partial charge in [-0.15, -0.1) is 0 Å². The number of rotatable bonds is 6. The van der Waals surface area contributed by atoms with E-state index in [9.17, 15) is 14.4 Å². The highest BCUT2D eigenvalue weighted by molar-refractivity contribution is 5.96. The lowest BCUT2D eigenvalue weighted by Crippen LogP contribution is -3.15. The second kappa shape index (κ2) is 7.70. The molecule has 0 aliphatic rings. The predicted octanol–water partition coefficient (Wildman–Crippen LogP) is -0.181. The van der Waals surface area contributed by atoms with Gasteiger partial charge in [0.1, 0.15) is 0 Å². The van der Waals surface area contributed by atoms with Crippen molar-refractivity contribution in [3.8, 4) is 0 Å². The van der Waals surface area contributed by atoms with Crippen LogP contribution in [-0.4, -0.2) is 56.2 Å². The van der Waals surface area contributed by atoms with E-state index in [2.05, 4.69) is 5.32 Å². The van der Waals surface area contributed by atoms with Crippen molar-refractivity contribution in [3.63, 3.8) is 0 Å². The fourth-order valence-electron chi connectivity index (χ4n) is 1.81. The van der Waals surface area contributed by atoms with E-state index in [-0.39, 0.29) is 30.2 Å². The summed E-state index contributed by atoms with van der Waals surface area (Å²) in [6, 6.07) is 6.38. The zero-order valence-electron chi connectivity index (χ0n) is 13.8. The monoisotopic (exact) mass is 306 g/mol. The molecule has 6 nitrogen and oxygen atoms in total. The fourth-order valence-corrected chi connectivity index (χ4v) is 1.81. The molecule has 0 fully saturated rings. The number of hydrogen-bond donors (Lipinski definition) is 2. The number of hydrogen-bond acceptors (Lipinski definition) is 3. The van der Waals surface area contributed by atoms with Crippen LogP contribution < -0.4 is 10.2 Å². The third kappa shape index (κ3) is 4.96. The maximum absolute atomic E-state index is 12.2. The molecule has 120 valence electrons. The van der Waals surface area contributed by atoms with Crippen LogP contribution in [0.5, 0.6) is 0 Å². The smallest absolute Gasteiger partial charge is 0.282 e. The summed E-state index contributed by atoms with van der Waals surface area (Å²) in [5.74, 6) is -0.208. The Bertz CT molecular complexity index is 552. The normalized spacial score (nSPS) is 13.1. The third-order valence-electron chi connectivity index (χ3n) is 3.62. The molecule has 2 N–H and O–H groups in total. The summed E-state index contributed by atoms with van der Waals surface area (Å²) >= 11 is 0. The number of benzene rings is 1. The van der Waals surface area contributed by atoms with E-state index in [1.54, 1.807) is 45.3 Å². The van der Waals surface area contributed by atoms with Crippen molar-refractivity contribution < 1.29 is 19.3 Å². The maximum atomic E-state index is 12.2. The molecular formula is C16H24N3O3+. The van der Waals surface area contributed by atoms with Gasteiger partial charge in [-0.3, -0.25) is 14.4 Å². The van der Waals surface area contributed by atoms with Gasteiger partial charge in [0.25, 0.3) is 11.8 Å². The molecular weight excluding hydrogens is 282 g/mol. The van der Waals surface area contributed by atoms with Gasteiger partial charge >= 0.3 is 0 Å². The molecule has 1 aromatic rings. The van der Waals surface area contributed by atoms with E-state index in [1.165, 1.54) is 11.8 Å². The highest BCUT2D eigenvalue weighted by Crippen LogP contribution is 2.10. The minimum absolute atomic E-state index is 0.0161. The number of quaternary nitrogens is 1. The standard InChI is InChI=1S/C16H23N3O3/c1-11(19(5)10-15(21)18(3)4)16(22)17-14-8-6-13(7-9-14)12(2)20/h6-9,11H,10H2,1-5H3,(H,17,22)/p+1/t11-/m0/s1. The van der Waals surface area contributed by atoms with Crippen molar-refractivity contribution in [2.45, 2.75) is 19.9 Å². The number of ketones is 1. The molecule has 6 heteroatoms.